The Morgan fingerprint density at radius 1 is 0.905 bits per heavy atom. The lowest BCUT2D eigenvalue weighted by Crippen LogP contribution is -2.10. The molecule has 1 unspecified atom stereocenters. The fourth-order valence-corrected chi connectivity index (χ4v) is 3.01. The zero-order chi connectivity index (χ0) is 15.8. The molecular weight excluding hydrogens is 299 g/mol. The molecule has 2 aromatic carbocycles. The number of hydrogen-bond acceptors (Lipinski definition) is 0. The van der Waals surface area contributed by atoms with Crippen LogP contribution in [0.3, 0.4) is 0 Å². The summed E-state index contributed by atoms with van der Waals surface area (Å²) in [5.41, 5.74) is 5.92. The summed E-state index contributed by atoms with van der Waals surface area (Å²) in [7, 11) is 0. The molecule has 112 valence electrons. The second-order valence-electron chi connectivity index (χ2n) is 6.69. The first-order valence-electron chi connectivity index (χ1n) is 7.21. The van der Waals surface area contributed by atoms with Crippen LogP contribution in [0.4, 0.5) is 0 Å². The lowest BCUT2D eigenvalue weighted by molar-refractivity contribution is 0.590. The molecule has 0 aliphatic rings. The predicted octanol–water partition coefficient (Wildman–Crippen LogP) is 6.58. The first-order valence-corrected chi connectivity index (χ1v) is 8.03. The van der Waals surface area contributed by atoms with E-state index in [1.807, 2.05) is 13.0 Å². The number of benzene rings is 2. The van der Waals surface area contributed by atoms with E-state index in [1.54, 1.807) is 0 Å². The van der Waals surface area contributed by atoms with Gasteiger partial charge in [0.15, 0.2) is 0 Å². The number of alkyl halides is 1. The Bertz CT molecular complexity index is 634. The van der Waals surface area contributed by atoms with Gasteiger partial charge < -0.3 is 0 Å². The van der Waals surface area contributed by atoms with Crippen molar-refractivity contribution in [3.8, 4) is 0 Å². The van der Waals surface area contributed by atoms with Crippen molar-refractivity contribution in [2.24, 2.45) is 0 Å². The van der Waals surface area contributed by atoms with E-state index in [2.05, 4.69) is 58.0 Å². The van der Waals surface area contributed by atoms with Crippen molar-refractivity contribution in [2.45, 2.75) is 45.4 Å². The maximum absolute atomic E-state index is 6.68. The van der Waals surface area contributed by atoms with Crippen LogP contribution in [-0.4, -0.2) is 0 Å². The van der Waals surface area contributed by atoms with E-state index in [4.69, 9.17) is 23.2 Å². The van der Waals surface area contributed by atoms with Crippen LogP contribution >= 0.6 is 23.2 Å². The van der Waals surface area contributed by atoms with Gasteiger partial charge in [-0.3, -0.25) is 0 Å². The lowest BCUT2D eigenvalue weighted by Gasteiger charge is -2.20. The average Bonchev–Trinajstić information content (AvgIpc) is 2.41. The number of rotatable bonds is 2. The fourth-order valence-electron chi connectivity index (χ4n) is 2.41. The van der Waals surface area contributed by atoms with Crippen molar-refractivity contribution in [1.29, 1.82) is 0 Å². The van der Waals surface area contributed by atoms with Crippen molar-refractivity contribution in [3.63, 3.8) is 0 Å². The Balaban J connectivity index is 2.36. The molecule has 2 aromatic rings. The third-order valence-electron chi connectivity index (χ3n) is 3.89. The summed E-state index contributed by atoms with van der Waals surface area (Å²) in [5.74, 6) is 0. The van der Waals surface area contributed by atoms with Gasteiger partial charge in [-0.1, -0.05) is 62.7 Å². The van der Waals surface area contributed by atoms with Crippen molar-refractivity contribution in [1.82, 2.24) is 0 Å². The normalized spacial score (nSPS) is 13.3. The largest absolute Gasteiger partial charge is 0.113 e. The molecule has 0 amide bonds. The van der Waals surface area contributed by atoms with Gasteiger partial charge in [-0.15, -0.1) is 11.6 Å². The molecule has 2 rings (SSSR count). The van der Waals surface area contributed by atoms with Gasteiger partial charge in [0.05, 0.1) is 5.38 Å². The summed E-state index contributed by atoms with van der Waals surface area (Å²) in [5, 5.41) is 0.651. The summed E-state index contributed by atoms with van der Waals surface area (Å²) < 4.78 is 0. The van der Waals surface area contributed by atoms with Gasteiger partial charge in [0.25, 0.3) is 0 Å². The van der Waals surface area contributed by atoms with Gasteiger partial charge in [0.2, 0.25) is 0 Å². The second kappa shape index (κ2) is 6.02. The highest BCUT2D eigenvalue weighted by Crippen LogP contribution is 2.34. The molecule has 0 nitrogen and oxygen atoms in total. The summed E-state index contributed by atoms with van der Waals surface area (Å²) in [4.78, 5) is 0. The fraction of sp³-hybridized carbons (Fsp3) is 0.368. The average molecular weight is 321 g/mol. The van der Waals surface area contributed by atoms with E-state index in [1.165, 1.54) is 5.56 Å². The number of hydrogen-bond donors (Lipinski definition) is 0. The molecule has 0 fully saturated rings. The Morgan fingerprint density at radius 2 is 1.48 bits per heavy atom. The summed E-state index contributed by atoms with van der Waals surface area (Å²) >= 11 is 12.8. The van der Waals surface area contributed by atoms with Gasteiger partial charge >= 0.3 is 0 Å². The molecule has 0 bridgehead atoms. The smallest absolute Gasteiger partial charge is 0.0838 e. The van der Waals surface area contributed by atoms with Crippen LogP contribution in [0.15, 0.2) is 36.4 Å². The highest BCUT2D eigenvalue weighted by Gasteiger charge is 2.17. The van der Waals surface area contributed by atoms with E-state index < -0.39 is 0 Å². The number of aryl methyl sites for hydroxylation is 2. The zero-order valence-electron chi connectivity index (χ0n) is 13.3. The molecule has 0 aliphatic carbocycles. The first-order chi connectivity index (χ1) is 9.70. The molecular formula is C19H22Cl2. The van der Waals surface area contributed by atoms with Crippen LogP contribution in [0.1, 0.15) is 54.0 Å². The standard InChI is InChI=1S/C19H22Cl2/c1-12-11-17(20)13(2)10-16(12)18(21)14-6-8-15(9-7-14)19(3,4)5/h6-11,18H,1-5H3. The van der Waals surface area contributed by atoms with Crippen LogP contribution in [0.2, 0.25) is 5.02 Å². The van der Waals surface area contributed by atoms with Crippen molar-refractivity contribution in [3.05, 3.63) is 69.2 Å². The molecule has 0 spiro atoms. The monoisotopic (exact) mass is 320 g/mol. The molecule has 0 saturated carbocycles. The second-order valence-corrected chi connectivity index (χ2v) is 7.54. The van der Waals surface area contributed by atoms with Crippen LogP contribution in [0, 0.1) is 13.8 Å². The lowest BCUT2D eigenvalue weighted by atomic mass is 9.86. The summed E-state index contributed by atoms with van der Waals surface area (Å²) in [6.45, 7) is 10.7. The van der Waals surface area contributed by atoms with Crippen molar-refractivity contribution in [2.75, 3.05) is 0 Å². The first kappa shape index (κ1) is 16.4. The van der Waals surface area contributed by atoms with E-state index >= 15 is 0 Å². The van der Waals surface area contributed by atoms with Gasteiger partial charge in [-0.05, 0) is 53.1 Å². The Labute approximate surface area is 138 Å². The van der Waals surface area contributed by atoms with E-state index in [9.17, 15) is 0 Å². The minimum atomic E-state index is -0.144. The molecule has 0 radical (unpaired) electrons. The molecule has 0 heterocycles. The highest BCUT2D eigenvalue weighted by molar-refractivity contribution is 6.31. The molecule has 0 aromatic heterocycles. The third-order valence-corrected chi connectivity index (χ3v) is 4.78. The Kier molecular flexibility index (Phi) is 4.70. The van der Waals surface area contributed by atoms with Crippen LogP contribution in [0.5, 0.6) is 0 Å². The topological polar surface area (TPSA) is 0 Å². The quantitative estimate of drug-likeness (QED) is 0.548. The molecule has 0 aliphatic heterocycles. The van der Waals surface area contributed by atoms with E-state index in [-0.39, 0.29) is 10.8 Å². The van der Waals surface area contributed by atoms with Crippen LogP contribution < -0.4 is 0 Å². The molecule has 21 heavy (non-hydrogen) atoms. The minimum Gasteiger partial charge on any atom is -0.113 e. The zero-order valence-corrected chi connectivity index (χ0v) is 14.8. The predicted molar refractivity (Wildman–Crippen MR) is 93.8 cm³/mol. The Hall–Kier alpha value is -0.980. The summed E-state index contributed by atoms with van der Waals surface area (Å²) in [6.07, 6.45) is 0. The maximum Gasteiger partial charge on any atom is 0.0838 e. The molecule has 0 N–H and O–H groups in total. The minimum absolute atomic E-state index is 0.144. The van der Waals surface area contributed by atoms with Gasteiger partial charge in [0, 0.05) is 5.02 Å². The van der Waals surface area contributed by atoms with Crippen LogP contribution in [0.25, 0.3) is 0 Å². The maximum atomic E-state index is 6.68. The van der Waals surface area contributed by atoms with E-state index in [0.717, 1.165) is 27.3 Å². The molecule has 2 heteroatoms. The van der Waals surface area contributed by atoms with Crippen LogP contribution in [-0.2, 0) is 5.41 Å². The molecule has 1 atom stereocenters. The highest BCUT2D eigenvalue weighted by atomic mass is 35.5. The SMILES string of the molecule is Cc1cc(C(Cl)c2ccc(C(C)(C)C)cc2)c(C)cc1Cl. The van der Waals surface area contributed by atoms with Gasteiger partial charge in [-0.25, -0.2) is 0 Å². The molecule has 0 saturated heterocycles. The third kappa shape index (κ3) is 3.62. The van der Waals surface area contributed by atoms with Gasteiger partial charge in [0.1, 0.15) is 0 Å². The van der Waals surface area contributed by atoms with Gasteiger partial charge in [-0.2, -0.15) is 0 Å². The van der Waals surface area contributed by atoms with Crippen molar-refractivity contribution < 1.29 is 0 Å². The number of halogens is 2. The Morgan fingerprint density at radius 3 is 2.00 bits per heavy atom. The summed E-state index contributed by atoms with van der Waals surface area (Å²) in [6, 6.07) is 12.7. The van der Waals surface area contributed by atoms with Crippen molar-refractivity contribution >= 4 is 23.2 Å². The van der Waals surface area contributed by atoms with E-state index in [0.29, 0.717) is 0 Å².